The molecule has 2 saturated carbocycles. The number of benzene rings is 1. The molecule has 4 nitrogen and oxygen atoms in total. The fourth-order valence-electron chi connectivity index (χ4n) is 5.13. The summed E-state index contributed by atoms with van der Waals surface area (Å²) < 4.78 is 41.0. The van der Waals surface area contributed by atoms with Crippen molar-refractivity contribution < 1.29 is 17.9 Å². The van der Waals surface area contributed by atoms with Gasteiger partial charge in [-0.25, -0.2) is 0 Å². The molecule has 0 bridgehead atoms. The maximum absolute atomic E-state index is 12.3. The normalized spacial score (nSPS) is 31.0. The minimum absolute atomic E-state index is 0.138. The van der Waals surface area contributed by atoms with E-state index in [0.29, 0.717) is 12.0 Å². The summed E-state index contributed by atoms with van der Waals surface area (Å²) >= 11 is 0. The van der Waals surface area contributed by atoms with E-state index in [1.165, 1.54) is 31.6 Å². The summed E-state index contributed by atoms with van der Waals surface area (Å²) in [6, 6.07) is 7.07. The van der Waals surface area contributed by atoms with Gasteiger partial charge in [-0.1, -0.05) is 12.1 Å². The number of fused-ring (bicyclic) bond motifs is 1. The van der Waals surface area contributed by atoms with Crippen LogP contribution in [-0.2, 0) is 5.41 Å². The maximum atomic E-state index is 12.3. The number of nitrogens with zero attached hydrogens (tertiary/aromatic N) is 2. The van der Waals surface area contributed by atoms with Crippen molar-refractivity contribution in [3.8, 4) is 5.75 Å². The Labute approximate surface area is 165 Å². The molecule has 3 aliphatic rings. The van der Waals surface area contributed by atoms with E-state index >= 15 is 0 Å². The lowest BCUT2D eigenvalue weighted by molar-refractivity contribution is -0.274. The molecule has 1 saturated heterocycles. The topological polar surface area (TPSA) is 27.7 Å². The zero-order valence-corrected chi connectivity index (χ0v) is 16.5. The molecule has 7 heteroatoms. The van der Waals surface area contributed by atoms with Gasteiger partial charge in [0.2, 0.25) is 0 Å². The van der Waals surface area contributed by atoms with E-state index in [0.717, 1.165) is 51.0 Å². The van der Waals surface area contributed by atoms with E-state index in [9.17, 15) is 13.2 Å². The van der Waals surface area contributed by atoms with Gasteiger partial charge in [0.05, 0.1) is 0 Å². The van der Waals surface area contributed by atoms with Crippen molar-refractivity contribution >= 4 is 0 Å². The van der Waals surface area contributed by atoms with Crippen molar-refractivity contribution in [3.63, 3.8) is 0 Å². The summed E-state index contributed by atoms with van der Waals surface area (Å²) in [6.45, 7) is 6.85. The van der Waals surface area contributed by atoms with E-state index in [1.54, 1.807) is 0 Å². The first-order chi connectivity index (χ1) is 13.4. The first kappa shape index (κ1) is 20.0. The average Bonchev–Trinajstić information content (AvgIpc) is 3.28. The van der Waals surface area contributed by atoms with Crippen LogP contribution < -0.4 is 10.1 Å². The summed E-state index contributed by atoms with van der Waals surface area (Å²) in [5.74, 6) is 0.479. The Hall–Kier alpha value is -1.31. The molecule has 1 aromatic rings. The maximum Gasteiger partial charge on any atom is 0.573 e. The Morgan fingerprint density at radius 1 is 1.14 bits per heavy atom. The van der Waals surface area contributed by atoms with Crippen molar-refractivity contribution in [2.45, 2.75) is 43.5 Å². The van der Waals surface area contributed by atoms with Crippen molar-refractivity contribution in [1.82, 2.24) is 15.1 Å². The van der Waals surface area contributed by atoms with Crippen LogP contribution in [0.2, 0.25) is 0 Å². The van der Waals surface area contributed by atoms with Crippen LogP contribution >= 0.6 is 0 Å². The molecular formula is C21H30F3N3O. The second-order valence-corrected chi connectivity index (χ2v) is 8.64. The number of hydrogen-bond acceptors (Lipinski definition) is 4. The lowest BCUT2D eigenvalue weighted by Crippen LogP contribution is -2.45. The van der Waals surface area contributed by atoms with Crippen molar-refractivity contribution in [2.75, 3.05) is 46.3 Å². The Morgan fingerprint density at radius 3 is 2.50 bits per heavy atom. The summed E-state index contributed by atoms with van der Waals surface area (Å²) in [5, 5.41) is 3.75. The summed E-state index contributed by atoms with van der Waals surface area (Å²) in [7, 11) is 2.18. The number of rotatable bonds is 7. The molecular weight excluding hydrogens is 367 g/mol. The number of alkyl halides is 3. The molecule has 1 heterocycles. The van der Waals surface area contributed by atoms with E-state index in [4.69, 9.17) is 0 Å². The highest BCUT2D eigenvalue weighted by Crippen LogP contribution is 2.64. The van der Waals surface area contributed by atoms with Crippen LogP contribution in [0.15, 0.2) is 24.3 Å². The van der Waals surface area contributed by atoms with Crippen LogP contribution in [0, 0.1) is 5.92 Å². The number of hydrogen-bond donors (Lipinski definition) is 1. The Balaban J connectivity index is 1.22. The highest BCUT2D eigenvalue weighted by molar-refractivity contribution is 5.40. The van der Waals surface area contributed by atoms with Gasteiger partial charge >= 0.3 is 6.36 Å². The van der Waals surface area contributed by atoms with Crippen molar-refractivity contribution in [2.24, 2.45) is 5.92 Å². The molecule has 1 aromatic carbocycles. The van der Waals surface area contributed by atoms with E-state index in [1.807, 2.05) is 12.1 Å². The van der Waals surface area contributed by atoms with Gasteiger partial charge in [0.1, 0.15) is 5.75 Å². The minimum Gasteiger partial charge on any atom is -0.406 e. The monoisotopic (exact) mass is 397 g/mol. The molecule has 3 atom stereocenters. The zero-order valence-electron chi connectivity index (χ0n) is 16.5. The molecule has 0 unspecified atom stereocenters. The molecule has 0 radical (unpaired) electrons. The Bertz CT molecular complexity index is 658. The van der Waals surface area contributed by atoms with Crippen LogP contribution in [0.1, 0.15) is 31.2 Å². The number of ether oxygens (including phenoxy) is 1. The summed E-state index contributed by atoms with van der Waals surface area (Å²) in [4.78, 5) is 4.92. The lowest BCUT2D eigenvalue weighted by Gasteiger charge is -2.32. The lowest BCUT2D eigenvalue weighted by atomic mass is 9.93. The third kappa shape index (κ3) is 4.47. The second kappa shape index (κ2) is 7.84. The first-order valence-electron chi connectivity index (χ1n) is 10.4. The van der Waals surface area contributed by atoms with Crippen LogP contribution in [-0.4, -0.2) is 68.5 Å². The molecule has 156 valence electrons. The smallest absolute Gasteiger partial charge is 0.406 e. The molecule has 3 fully saturated rings. The molecule has 2 aliphatic carbocycles. The van der Waals surface area contributed by atoms with Crippen LogP contribution in [0.4, 0.5) is 13.2 Å². The molecule has 1 N–H and O–H groups in total. The Morgan fingerprint density at radius 2 is 1.86 bits per heavy atom. The third-order valence-electron chi connectivity index (χ3n) is 6.84. The number of nitrogens with one attached hydrogen (secondary N) is 1. The van der Waals surface area contributed by atoms with E-state index < -0.39 is 6.36 Å². The molecule has 0 amide bonds. The van der Waals surface area contributed by atoms with Gasteiger partial charge in [-0.2, -0.15) is 0 Å². The van der Waals surface area contributed by atoms with E-state index in [-0.39, 0.29) is 11.2 Å². The fraction of sp³-hybridized carbons (Fsp3) is 0.714. The number of halogens is 3. The predicted molar refractivity (Wildman–Crippen MR) is 102 cm³/mol. The van der Waals surface area contributed by atoms with E-state index in [2.05, 4.69) is 26.9 Å². The highest BCUT2D eigenvalue weighted by atomic mass is 19.4. The molecule has 0 spiro atoms. The van der Waals surface area contributed by atoms with Gasteiger partial charge in [0, 0.05) is 37.6 Å². The number of likely N-dealkylation sites (N-methyl/N-ethyl adjacent to an activating group) is 1. The zero-order chi connectivity index (χ0) is 19.8. The van der Waals surface area contributed by atoms with Crippen molar-refractivity contribution in [1.29, 1.82) is 0 Å². The van der Waals surface area contributed by atoms with Gasteiger partial charge < -0.3 is 19.9 Å². The van der Waals surface area contributed by atoms with Crippen molar-refractivity contribution in [3.05, 3.63) is 29.8 Å². The highest BCUT2D eigenvalue weighted by Gasteiger charge is 2.62. The molecule has 0 aromatic heterocycles. The van der Waals surface area contributed by atoms with Gasteiger partial charge in [-0.05, 0) is 69.4 Å². The standard InChI is InChI=1S/C21H30F3N3O/c1-26-11-13-27(14-12-26)10-2-9-25-19-7-8-20(15-18(19)20)16-3-5-17(6-4-16)28-21(22,23)24/h3-6,18-19,25H,2,7-15H2,1H3/t18-,19-,20-/m1/s1. The summed E-state index contributed by atoms with van der Waals surface area (Å²) in [5.41, 5.74) is 1.33. The molecule has 4 rings (SSSR count). The second-order valence-electron chi connectivity index (χ2n) is 8.64. The van der Waals surface area contributed by atoms with Crippen LogP contribution in [0.25, 0.3) is 0 Å². The Kier molecular flexibility index (Phi) is 5.60. The third-order valence-corrected chi connectivity index (χ3v) is 6.84. The number of piperazine rings is 1. The van der Waals surface area contributed by atoms with Crippen LogP contribution in [0.3, 0.4) is 0 Å². The molecule has 28 heavy (non-hydrogen) atoms. The minimum atomic E-state index is -4.63. The van der Waals surface area contributed by atoms with Gasteiger partial charge in [0.25, 0.3) is 0 Å². The SMILES string of the molecule is CN1CCN(CCCN[C@@H]2CC[C@]3(c4ccc(OC(F)(F)F)cc4)C[C@H]23)CC1. The first-order valence-corrected chi connectivity index (χ1v) is 10.4. The van der Waals surface area contributed by atoms with Gasteiger partial charge in [0.15, 0.2) is 0 Å². The van der Waals surface area contributed by atoms with Crippen LogP contribution in [0.5, 0.6) is 5.75 Å². The predicted octanol–water partition coefficient (Wildman–Crippen LogP) is 3.23. The average molecular weight is 397 g/mol. The largest absolute Gasteiger partial charge is 0.573 e. The summed E-state index contributed by atoms with van der Waals surface area (Å²) in [6.07, 6.45) is -0.0479. The van der Waals surface area contributed by atoms with Gasteiger partial charge in [-0.15, -0.1) is 13.2 Å². The quantitative estimate of drug-likeness (QED) is 0.715. The molecule has 1 aliphatic heterocycles. The van der Waals surface area contributed by atoms with Gasteiger partial charge in [-0.3, -0.25) is 0 Å². The fourth-order valence-corrected chi connectivity index (χ4v) is 5.13.